The molecule has 0 saturated carbocycles. The van der Waals surface area contributed by atoms with E-state index in [-0.39, 0.29) is 17.0 Å². The van der Waals surface area contributed by atoms with Crippen molar-refractivity contribution >= 4 is 5.91 Å². The molecule has 3 heterocycles. The number of rotatable bonds is 1. The minimum Gasteiger partial charge on any atom is -0.334 e. The smallest absolute Gasteiger partial charge is 0.266 e. The van der Waals surface area contributed by atoms with Crippen molar-refractivity contribution in [2.24, 2.45) is 7.05 Å². The van der Waals surface area contributed by atoms with Crippen molar-refractivity contribution in [3.8, 4) is 0 Å². The quantitative estimate of drug-likeness (QED) is 0.777. The van der Waals surface area contributed by atoms with E-state index in [1.165, 1.54) is 23.0 Å². The second kappa shape index (κ2) is 5.01. The highest BCUT2D eigenvalue weighted by Crippen LogP contribution is 2.16. The normalized spacial score (nSPS) is 13.9. The number of hydrogen-bond donors (Lipinski definition) is 1. The number of aromatic nitrogens is 3. The van der Waals surface area contributed by atoms with Gasteiger partial charge < -0.3 is 9.88 Å². The van der Waals surface area contributed by atoms with Gasteiger partial charge in [0.15, 0.2) is 0 Å². The van der Waals surface area contributed by atoms with Crippen LogP contribution in [0.5, 0.6) is 0 Å². The Morgan fingerprint density at radius 1 is 1.38 bits per heavy atom. The second-order valence-electron chi connectivity index (χ2n) is 4.97. The number of nitrogens with zero attached hydrogens (tertiary/aromatic N) is 3. The zero-order valence-corrected chi connectivity index (χ0v) is 11.5. The molecule has 0 aromatic carbocycles. The van der Waals surface area contributed by atoms with Crippen molar-refractivity contribution < 1.29 is 4.79 Å². The Balaban J connectivity index is 1.91. The standard InChI is InChI=1S/C14H14N4O3/c1-17-12(19)7-9-8-18(6-4-11(9)16-17)14(21)10-3-2-5-15-13(10)20/h2-3,5,7H,4,6,8H2,1H3,(H,15,20). The molecule has 0 fully saturated rings. The molecule has 7 nitrogen and oxygen atoms in total. The number of aromatic amines is 1. The average molecular weight is 286 g/mol. The number of fused-ring (bicyclic) bond motifs is 1. The molecule has 1 aliphatic rings. The van der Waals surface area contributed by atoms with E-state index in [0.29, 0.717) is 19.5 Å². The van der Waals surface area contributed by atoms with Crippen molar-refractivity contribution in [1.82, 2.24) is 19.7 Å². The van der Waals surface area contributed by atoms with E-state index in [2.05, 4.69) is 10.1 Å². The first kappa shape index (κ1) is 13.3. The Morgan fingerprint density at radius 2 is 2.19 bits per heavy atom. The molecule has 2 aromatic rings. The number of aryl methyl sites for hydroxylation is 1. The van der Waals surface area contributed by atoms with Crippen LogP contribution >= 0.6 is 0 Å². The molecule has 0 atom stereocenters. The van der Waals surface area contributed by atoms with E-state index >= 15 is 0 Å². The van der Waals surface area contributed by atoms with Crippen LogP contribution in [0.3, 0.4) is 0 Å². The molecule has 0 radical (unpaired) electrons. The highest BCUT2D eigenvalue weighted by molar-refractivity contribution is 5.93. The lowest BCUT2D eigenvalue weighted by Crippen LogP contribution is -2.40. The number of H-pyrrole nitrogens is 1. The lowest BCUT2D eigenvalue weighted by atomic mass is 10.1. The molecule has 0 aliphatic carbocycles. The predicted molar refractivity (Wildman–Crippen MR) is 75.0 cm³/mol. The van der Waals surface area contributed by atoms with Gasteiger partial charge in [-0.1, -0.05) is 0 Å². The lowest BCUT2D eigenvalue weighted by molar-refractivity contribution is 0.0731. The topological polar surface area (TPSA) is 88.1 Å². The van der Waals surface area contributed by atoms with Gasteiger partial charge >= 0.3 is 0 Å². The van der Waals surface area contributed by atoms with E-state index in [0.717, 1.165) is 11.3 Å². The van der Waals surface area contributed by atoms with Gasteiger partial charge in [-0.05, 0) is 12.1 Å². The van der Waals surface area contributed by atoms with E-state index < -0.39 is 5.56 Å². The number of pyridine rings is 1. The minimum absolute atomic E-state index is 0.109. The summed E-state index contributed by atoms with van der Waals surface area (Å²) in [5, 5.41) is 4.20. The lowest BCUT2D eigenvalue weighted by Gasteiger charge is -2.28. The van der Waals surface area contributed by atoms with E-state index in [1.807, 2.05) is 0 Å². The molecule has 1 N–H and O–H groups in total. The van der Waals surface area contributed by atoms with Gasteiger partial charge in [0.1, 0.15) is 5.56 Å². The highest BCUT2D eigenvalue weighted by atomic mass is 16.2. The first-order valence-corrected chi connectivity index (χ1v) is 6.59. The molecule has 0 spiro atoms. The summed E-state index contributed by atoms with van der Waals surface area (Å²) in [6, 6.07) is 4.61. The maximum Gasteiger partial charge on any atom is 0.266 e. The van der Waals surface area contributed by atoms with Crippen molar-refractivity contribution in [3.63, 3.8) is 0 Å². The van der Waals surface area contributed by atoms with Crippen molar-refractivity contribution in [1.29, 1.82) is 0 Å². The van der Waals surface area contributed by atoms with Crippen LogP contribution in [0.25, 0.3) is 0 Å². The molecular weight excluding hydrogens is 272 g/mol. The molecule has 0 saturated heterocycles. The van der Waals surface area contributed by atoms with Crippen LogP contribution in [-0.2, 0) is 20.0 Å². The first-order valence-electron chi connectivity index (χ1n) is 6.59. The first-order chi connectivity index (χ1) is 10.1. The Morgan fingerprint density at radius 3 is 2.95 bits per heavy atom. The fraction of sp³-hybridized carbons (Fsp3) is 0.286. The van der Waals surface area contributed by atoms with Crippen LogP contribution < -0.4 is 11.1 Å². The van der Waals surface area contributed by atoms with Crippen molar-refractivity contribution in [2.45, 2.75) is 13.0 Å². The zero-order chi connectivity index (χ0) is 15.0. The van der Waals surface area contributed by atoms with Crippen LogP contribution in [0, 0.1) is 0 Å². The monoisotopic (exact) mass is 286 g/mol. The summed E-state index contributed by atoms with van der Waals surface area (Å²) >= 11 is 0. The van der Waals surface area contributed by atoms with Gasteiger partial charge in [-0.3, -0.25) is 14.4 Å². The Labute approximate surface area is 119 Å². The van der Waals surface area contributed by atoms with Crippen LogP contribution in [-0.4, -0.2) is 32.1 Å². The van der Waals surface area contributed by atoms with Gasteiger partial charge in [0.2, 0.25) is 0 Å². The highest BCUT2D eigenvalue weighted by Gasteiger charge is 2.24. The Bertz CT molecular complexity index is 821. The largest absolute Gasteiger partial charge is 0.334 e. The minimum atomic E-state index is -0.407. The summed E-state index contributed by atoms with van der Waals surface area (Å²) in [4.78, 5) is 39.7. The molecule has 108 valence electrons. The summed E-state index contributed by atoms with van der Waals surface area (Å²) in [6.45, 7) is 0.775. The summed E-state index contributed by atoms with van der Waals surface area (Å²) in [5.74, 6) is -0.330. The van der Waals surface area contributed by atoms with E-state index in [9.17, 15) is 14.4 Å². The molecular formula is C14H14N4O3. The molecule has 0 bridgehead atoms. The van der Waals surface area contributed by atoms with Crippen molar-refractivity contribution in [2.75, 3.05) is 6.54 Å². The van der Waals surface area contributed by atoms with Gasteiger partial charge in [-0.15, -0.1) is 0 Å². The van der Waals surface area contributed by atoms with E-state index in [1.54, 1.807) is 18.0 Å². The number of nitrogens with one attached hydrogen (secondary N) is 1. The fourth-order valence-corrected chi connectivity index (χ4v) is 2.43. The van der Waals surface area contributed by atoms with Gasteiger partial charge in [-0.2, -0.15) is 5.10 Å². The van der Waals surface area contributed by atoms with E-state index in [4.69, 9.17) is 0 Å². The van der Waals surface area contributed by atoms with Crippen LogP contribution in [0.15, 0.2) is 34.0 Å². The molecule has 1 amide bonds. The van der Waals surface area contributed by atoms with Crippen LogP contribution in [0.4, 0.5) is 0 Å². The zero-order valence-electron chi connectivity index (χ0n) is 11.5. The maximum atomic E-state index is 12.4. The number of amides is 1. The number of carbonyl (C=O) groups excluding carboxylic acids is 1. The molecule has 2 aromatic heterocycles. The van der Waals surface area contributed by atoms with Crippen LogP contribution in [0.2, 0.25) is 0 Å². The van der Waals surface area contributed by atoms with Gasteiger partial charge in [0.05, 0.1) is 5.69 Å². The molecule has 21 heavy (non-hydrogen) atoms. The number of carbonyl (C=O) groups is 1. The SMILES string of the molecule is Cn1nc2c(cc1=O)CN(C(=O)c1ccc[nH]c1=O)CC2. The Kier molecular flexibility index (Phi) is 3.17. The Hall–Kier alpha value is -2.70. The molecule has 0 unspecified atom stereocenters. The van der Waals surface area contributed by atoms with Crippen LogP contribution in [0.1, 0.15) is 21.6 Å². The van der Waals surface area contributed by atoms with Gasteiger partial charge in [0.25, 0.3) is 17.0 Å². The summed E-state index contributed by atoms with van der Waals surface area (Å²) in [5.41, 5.74) is 1.06. The molecule has 1 aliphatic heterocycles. The predicted octanol–water partition coefficient (Wildman–Crippen LogP) is -0.333. The maximum absolute atomic E-state index is 12.4. The third-order valence-corrected chi connectivity index (χ3v) is 3.57. The van der Waals surface area contributed by atoms with Gasteiger partial charge in [-0.25, -0.2) is 4.68 Å². The summed E-state index contributed by atoms with van der Waals surface area (Å²) in [7, 11) is 1.60. The summed E-state index contributed by atoms with van der Waals surface area (Å²) < 4.78 is 1.29. The molecule has 7 heteroatoms. The summed E-state index contributed by atoms with van der Waals surface area (Å²) in [6.07, 6.45) is 2.05. The number of hydrogen-bond acceptors (Lipinski definition) is 4. The second-order valence-corrected chi connectivity index (χ2v) is 4.97. The van der Waals surface area contributed by atoms with Crippen molar-refractivity contribution in [3.05, 3.63) is 61.9 Å². The van der Waals surface area contributed by atoms with Gasteiger partial charge in [0, 0.05) is 44.4 Å². The third-order valence-electron chi connectivity index (χ3n) is 3.57. The molecule has 3 rings (SSSR count). The average Bonchev–Trinajstić information content (AvgIpc) is 2.48. The fourth-order valence-electron chi connectivity index (χ4n) is 2.43. The third kappa shape index (κ3) is 2.37.